The van der Waals surface area contributed by atoms with E-state index in [9.17, 15) is 4.79 Å². The SMILES string of the molecule is CN(CCC(C)(N)C(=O)O)CC1CCC1. The van der Waals surface area contributed by atoms with Crippen LogP contribution >= 0.6 is 0 Å². The molecule has 0 aromatic heterocycles. The highest BCUT2D eigenvalue weighted by atomic mass is 16.4. The van der Waals surface area contributed by atoms with E-state index in [-0.39, 0.29) is 0 Å². The molecule has 1 saturated carbocycles. The number of carbonyl (C=O) groups is 1. The summed E-state index contributed by atoms with van der Waals surface area (Å²) in [5, 5.41) is 8.85. The normalized spacial score (nSPS) is 21.1. The van der Waals surface area contributed by atoms with Crippen molar-refractivity contribution in [2.45, 2.75) is 38.1 Å². The van der Waals surface area contributed by atoms with Crippen LogP contribution in [0.1, 0.15) is 32.6 Å². The van der Waals surface area contributed by atoms with Gasteiger partial charge in [-0.2, -0.15) is 0 Å². The summed E-state index contributed by atoms with van der Waals surface area (Å²) in [6.45, 7) is 3.41. The van der Waals surface area contributed by atoms with Crippen LogP contribution in [-0.2, 0) is 4.79 Å². The molecule has 0 bridgehead atoms. The summed E-state index contributed by atoms with van der Waals surface area (Å²) in [5.41, 5.74) is 4.57. The summed E-state index contributed by atoms with van der Waals surface area (Å²) in [4.78, 5) is 13.0. The molecule has 88 valence electrons. The van der Waals surface area contributed by atoms with Crippen LogP contribution in [0.4, 0.5) is 0 Å². The molecule has 0 spiro atoms. The molecule has 0 amide bonds. The van der Waals surface area contributed by atoms with Gasteiger partial charge in [0.05, 0.1) is 0 Å². The van der Waals surface area contributed by atoms with Gasteiger partial charge in [0.2, 0.25) is 0 Å². The Kier molecular flexibility index (Phi) is 4.11. The molecule has 0 saturated heterocycles. The van der Waals surface area contributed by atoms with Gasteiger partial charge >= 0.3 is 5.97 Å². The molecule has 0 heterocycles. The highest BCUT2D eigenvalue weighted by molar-refractivity contribution is 5.77. The van der Waals surface area contributed by atoms with Crippen LogP contribution in [0, 0.1) is 5.92 Å². The predicted molar refractivity (Wildman–Crippen MR) is 59.7 cm³/mol. The van der Waals surface area contributed by atoms with Crippen molar-refractivity contribution >= 4 is 5.97 Å². The maximum absolute atomic E-state index is 10.8. The summed E-state index contributed by atoms with van der Waals surface area (Å²) < 4.78 is 0. The second-order valence-corrected chi connectivity index (χ2v) is 5.03. The van der Waals surface area contributed by atoms with Crippen molar-refractivity contribution in [3.8, 4) is 0 Å². The van der Waals surface area contributed by atoms with Crippen molar-refractivity contribution in [3.63, 3.8) is 0 Å². The molecule has 1 unspecified atom stereocenters. The van der Waals surface area contributed by atoms with E-state index >= 15 is 0 Å². The standard InChI is InChI=1S/C11H22N2O2/c1-11(12,10(14)15)6-7-13(2)8-9-4-3-5-9/h9H,3-8,12H2,1-2H3,(H,14,15). The van der Waals surface area contributed by atoms with E-state index < -0.39 is 11.5 Å². The number of hydrogen-bond donors (Lipinski definition) is 2. The largest absolute Gasteiger partial charge is 0.480 e. The highest BCUT2D eigenvalue weighted by Crippen LogP contribution is 2.26. The molecule has 1 aliphatic carbocycles. The molecule has 1 rings (SSSR count). The first-order valence-corrected chi connectivity index (χ1v) is 5.62. The minimum absolute atomic E-state index is 0.506. The third-order valence-corrected chi connectivity index (χ3v) is 3.30. The number of nitrogens with two attached hydrogens (primary N) is 1. The quantitative estimate of drug-likeness (QED) is 0.689. The lowest BCUT2D eigenvalue weighted by atomic mass is 9.85. The van der Waals surface area contributed by atoms with E-state index in [1.165, 1.54) is 19.3 Å². The second-order valence-electron chi connectivity index (χ2n) is 5.03. The highest BCUT2D eigenvalue weighted by Gasteiger charge is 2.28. The number of carboxylic acids is 1. The molecule has 1 aliphatic rings. The molecule has 1 fully saturated rings. The molecule has 4 nitrogen and oxygen atoms in total. The Balaban J connectivity index is 2.20. The molecule has 15 heavy (non-hydrogen) atoms. The molecule has 4 heteroatoms. The topological polar surface area (TPSA) is 66.6 Å². The molecular formula is C11H22N2O2. The molecule has 3 N–H and O–H groups in total. The number of aliphatic carboxylic acids is 1. The van der Waals surface area contributed by atoms with Crippen LogP contribution in [0.5, 0.6) is 0 Å². The van der Waals surface area contributed by atoms with Crippen molar-refractivity contribution in [1.82, 2.24) is 4.90 Å². The van der Waals surface area contributed by atoms with E-state index in [1.54, 1.807) is 6.92 Å². The van der Waals surface area contributed by atoms with Gasteiger partial charge in [-0.25, -0.2) is 0 Å². The fourth-order valence-corrected chi connectivity index (χ4v) is 1.74. The average Bonchev–Trinajstić information content (AvgIpc) is 2.08. The Bertz CT molecular complexity index is 225. The zero-order valence-electron chi connectivity index (χ0n) is 9.70. The monoisotopic (exact) mass is 214 g/mol. The third kappa shape index (κ3) is 3.80. The van der Waals surface area contributed by atoms with Gasteiger partial charge in [0.25, 0.3) is 0 Å². The van der Waals surface area contributed by atoms with Crippen molar-refractivity contribution in [1.29, 1.82) is 0 Å². The van der Waals surface area contributed by atoms with Crippen LogP contribution in [0.25, 0.3) is 0 Å². The molecule has 0 aromatic carbocycles. The zero-order chi connectivity index (χ0) is 11.5. The van der Waals surface area contributed by atoms with Gasteiger partial charge in [0.15, 0.2) is 0 Å². The van der Waals surface area contributed by atoms with Gasteiger partial charge < -0.3 is 15.7 Å². The van der Waals surface area contributed by atoms with Crippen LogP contribution in [0.2, 0.25) is 0 Å². The first kappa shape index (κ1) is 12.5. The second kappa shape index (κ2) is 4.94. The van der Waals surface area contributed by atoms with Gasteiger partial charge in [0, 0.05) is 13.1 Å². The van der Waals surface area contributed by atoms with Gasteiger partial charge in [-0.3, -0.25) is 4.79 Å². The van der Waals surface area contributed by atoms with Crippen LogP contribution in [-0.4, -0.2) is 41.7 Å². The lowest BCUT2D eigenvalue weighted by molar-refractivity contribution is -0.143. The van der Waals surface area contributed by atoms with Crippen molar-refractivity contribution < 1.29 is 9.90 Å². The van der Waals surface area contributed by atoms with Crippen molar-refractivity contribution in [2.24, 2.45) is 11.7 Å². The zero-order valence-corrected chi connectivity index (χ0v) is 9.70. The van der Waals surface area contributed by atoms with E-state index in [0.717, 1.165) is 19.0 Å². The molecule has 0 radical (unpaired) electrons. The number of rotatable bonds is 6. The fraction of sp³-hybridized carbons (Fsp3) is 0.909. The molecule has 1 atom stereocenters. The predicted octanol–water partition coefficient (Wildman–Crippen LogP) is 0.910. The van der Waals surface area contributed by atoms with E-state index in [4.69, 9.17) is 10.8 Å². The van der Waals surface area contributed by atoms with Gasteiger partial charge in [0.1, 0.15) is 5.54 Å². The average molecular weight is 214 g/mol. The van der Waals surface area contributed by atoms with Crippen LogP contribution < -0.4 is 5.73 Å². The van der Waals surface area contributed by atoms with Gasteiger partial charge in [-0.15, -0.1) is 0 Å². The maximum Gasteiger partial charge on any atom is 0.323 e. The number of carboxylic acid groups (broad SMARTS) is 1. The summed E-state index contributed by atoms with van der Waals surface area (Å²) in [5.74, 6) is -0.0941. The minimum atomic E-state index is -1.09. The lowest BCUT2D eigenvalue weighted by Crippen LogP contribution is -2.47. The van der Waals surface area contributed by atoms with Crippen molar-refractivity contribution in [3.05, 3.63) is 0 Å². The van der Waals surface area contributed by atoms with Gasteiger partial charge in [-0.05, 0) is 39.2 Å². The van der Waals surface area contributed by atoms with E-state index in [0.29, 0.717) is 6.42 Å². The number of nitrogens with zero attached hydrogens (tertiary/aromatic N) is 1. The Morgan fingerprint density at radius 3 is 2.60 bits per heavy atom. The summed E-state index contributed by atoms with van der Waals surface area (Å²) in [6, 6.07) is 0. The minimum Gasteiger partial charge on any atom is -0.480 e. The molecule has 0 aliphatic heterocycles. The summed E-state index contributed by atoms with van der Waals surface area (Å²) in [7, 11) is 2.04. The Morgan fingerprint density at radius 2 is 2.20 bits per heavy atom. The molecule has 0 aromatic rings. The maximum atomic E-state index is 10.8. The fourth-order valence-electron chi connectivity index (χ4n) is 1.74. The Hall–Kier alpha value is -0.610. The summed E-state index contributed by atoms with van der Waals surface area (Å²) >= 11 is 0. The van der Waals surface area contributed by atoms with Crippen molar-refractivity contribution in [2.75, 3.05) is 20.1 Å². The Labute approximate surface area is 91.4 Å². The van der Waals surface area contributed by atoms with Crippen LogP contribution in [0.3, 0.4) is 0 Å². The molecular weight excluding hydrogens is 192 g/mol. The lowest BCUT2D eigenvalue weighted by Gasteiger charge is -2.31. The third-order valence-electron chi connectivity index (χ3n) is 3.30. The summed E-state index contributed by atoms with van der Waals surface area (Å²) in [6.07, 6.45) is 4.50. The Morgan fingerprint density at radius 1 is 1.60 bits per heavy atom. The first-order valence-electron chi connectivity index (χ1n) is 5.62. The van der Waals surface area contributed by atoms with Crippen LogP contribution in [0.15, 0.2) is 0 Å². The smallest absolute Gasteiger partial charge is 0.323 e. The van der Waals surface area contributed by atoms with E-state index in [2.05, 4.69) is 4.90 Å². The van der Waals surface area contributed by atoms with Gasteiger partial charge in [-0.1, -0.05) is 6.42 Å². The number of hydrogen-bond acceptors (Lipinski definition) is 3. The van der Waals surface area contributed by atoms with E-state index in [1.807, 2.05) is 7.05 Å². The first-order chi connectivity index (χ1) is 6.92.